The van der Waals surface area contributed by atoms with Crippen molar-refractivity contribution >= 4 is 11.5 Å². The molecule has 0 amide bonds. The zero-order chi connectivity index (χ0) is 13.0. The van der Waals surface area contributed by atoms with Crippen molar-refractivity contribution in [1.82, 2.24) is 9.88 Å². The Hall–Kier alpha value is -1.33. The van der Waals surface area contributed by atoms with E-state index >= 15 is 0 Å². The fourth-order valence-corrected chi connectivity index (χ4v) is 2.20. The Kier molecular flexibility index (Phi) is 4.38. The number of aromatic nitrogens is 1. The summed E-state index contributed by atoms with van der Waals surface area (Å²) in [6.07, 6.45) is 1.69. The fraction of sp³-hybridized carbons (Fsp3) is 0.615. The van der Waals surface area contributed by atoms with Gasteiger partial charge in [0.1, 0.15) is 5.82 Å². The summed E-state index contributed by atoms with van der Waals surface area (Å²) in [5.74, 6) is 0.921. The van der Waals surface area contributed by atoms with Gasteiger partial charge < -0.3 is 15.8 Å². The van der Waals surface area contributed by atoms with E-state index in [2.05, 4.69) is 22.1 Å². The third-order valence-electron chi connectivity index (χ3n) is 3.12. The molecule has 1 saturated heterocycles. The van der Waals surface area contributed by atoms with Gasteiger partial charge in [0.2, 0.25) is 0 Å². The third kappa shape index (κ3) is 3.58. The lowest BCUT2D eigenvalue weighted by molar-refractivity contribution is 0.0368. The lowest BCUT2D eigenvalue weighted by atomic mass is 10.2. The van der Waals surface area contributed by atoms with Crippen molar-refractivity contribution in [3.63, 3.8) is 0 Å². The molecule has 0 spiro atoms. The summed E-state index contributed by atoms with van der Waals surface area (Å²) < 4.78 is 5.34. The van der Waals surface area contributed by atoms with Crippen molar-refractivity contribution in [2.45, 2.75) is 19.9 Å². The fourth-order valence-electron chi connectivity index (χ4n) is 2.20. The monoisotopic (exact) mass is 250 g/mol. The first-order chi connectivity index (χ1) is 8.65. The van der Waals surface area contributed by atoms with Gasteiger partial charge in [0, 0.05) is 25.7 Å². The van der Waals surface area contributed by atoms with Crippen LogP contribution in [0.15, 0.2) is 12.3 Å². The van der Waals surface area contributed by atoms with Gasteiger partial charge in [-0.05, 0) is 25.5 Å². The van der Waals surface area contributed by atoms with E-state index in [1.165, 1.54) is 0 Å². The van der Waals surface area contributed by atoms with Gasteiger partial charge in [0.15, 0.2) is 0 Å². The van der Waals surface area contributed by atoms with Crippen LogP contribution in [-0.2, 0) is 4.74 Å². The maximum atomic E-state index is 5.70. The van der Waals surface area contributed by atoms with E-state index in [-0.39, 0.29) is 0 Å². The number of rotatable bonds is 4. The number of nitrogens with one attached hydrogen (secondary N) is 1. The molecular weight excluding hydrogens is 228 g/mol. The first kappa shape index (κ1) is 13.1. The Morgan fingerprint density at radius 1 is 1.50 bits per heavy atom. The summed E-state index contributed by atoms with van der Waals surface area (Å²) in [5, 5.41) is 3.44. The molecule has 1 aromatic rings. The molecule has 1 aliphatic heterocycles. The molecular formula is C13H22N4O. The molecule has 100 valence electrons. The molecule has 0 radical (unpaired) electrons. The third-order valence-corrected chi connectivity index (χ3v) is 3.12. The summed E-state index contributed by atoms with van der Waals surface area (Å²) >= 11 is 0. The summed E-state index contributed by atoms with van der Waals surface area (Å²) in [4.78, 5) is 6.74. The predicted molar refractivity (Wildman–Crippen MR) is 73.7 cm³/mol. The maximum absolute atomic E-state index is 5.70. The molecule has 2 rings (SSSR count). The van der Waals surface area contributed by atoms with Crippen LogP contribution >= 0.6 is 0 Å². The number of anilines is 2. The molecule has 1 aromatic heterocycles. The molecule has 1 aliphatic rings. The Balaban J connectivity index is 1.87. The Bertz CT molecular complexity index is 391. The number of nitrogen functional groups attached to an aromatic ring is 1. The lowest BCUT2D eigenvalue weighted by Crippen LogP contribution is -2.42. The van der Waals surface area contributed by atoms with Crippen LogP contribution in [0.2, 0.25) is 0 Å². The molecule has 0 bridgehead atoms. The van der Waals surface area contributed by atoms with Crippen LogP contribution in [0, 0.1) is 6.92 Å². The number of hydrogen-bond acceptors (Lipinski definition) is 5. The second-order valence-corrected chi connectivity index (χ2v) is 4.89. The highest BCUT2D eigenvalue weighted by Crippen LogP contribution is 2.15. The number of ether oxygens (including phenoxy) is 1. The molecule has 1 atom stereocenters. The maximum Gasteiger partial charge on any atom is 0.129 e. The van der Waals surface area contributed by atoms with Crippen molar-refractivity contribution in [3.8, 4) is 0 Å². The minimum absolute atomic E-state index is 0.359. The lowest BCUT2D eigenvalue weighted by Gasteiger charge is -2.29. The summed E-state index contributed by atoms with van der Waals surface area (Å²) in [6, 6.07) is 2.30. The van der Waals surface area contributed by atoms with Crippen molar-refractivity contribution in [2.24, 2.45) is 0 Å². The summed E-state index contributed by atoms with van der Waals surface area (Å²) in [6.45, 7) is 8.91. The van der Waals surface area contributed by atoms with Gasteiger partial charge in [-0.25, -0.2) is 4.98 Å². The number of nitrogens with two attached hydrogens (primary N) is 1. The predicted octanol–water partition coefficient (Wildman–Crippen LogP) is 1.10. The summed E-state index contributed by atoms with van der Waals surface area (Å²) in [5.41, 5.74) is 7.49. The minimum Gasteiger partial charge on any atom is -0.397 e. The number of hydrogen-bond donors (Lipinski definition) is 2. The van der Waals surface area contributed by atoms with E-state index in [9.17, 15) is 0 Å². The van der Waals surface area contributed by atoms with Gasteiger partial charge in [-0.3, -0.25) is 4.90 Å². The zero-order valence-corrected chi connectivity index (χ0v) is 11.1. The van der Waals surface area contributed by atoms with Crippen LogP contribution in [0.1, 0.15) is 12.5 Å². The number of pyridine rings is 1. The van der Waals surface area contributed by atoms with Crippen molar-refractivity contribution in [3.05, 3.63) is 17.8 Å². The molecule has 2 heterocycles. The van der Waals surface area contributed by atoms with Gasteiger partial charge in [-0.15, -0.1) is 0 Å². The molecule has 1 fully saturated rings. The van der Waals surface area contributed by atoms with E-state index in [1.807, 2.05) is 13.0 Å². The molecule has 0 saturated carbocycles. The standard InChI is InChI=1S/C13H22N4O/c1-10-7-12(14)8-15-13(10)16-11(2)9-17-3-5-18-6-4-17/h7-8,11H,3-6,9,14H2,1-2H3,(H,15,16). The average molecular weight is 250 g/mol. The minimum atomic E-state index is 0.359. The zero-order valence-electron chi connectivity index (χ0n) is 11.1. The van der Waals surface area contributed by atoms with Crippen LogP contribution in [-0.4, -0.2) is 48.8 Å². The van der Waals surface area contributed by atoms with Gasteiger partial charge in [0.05, 0.1) is 25.1 Å². The Labute approximate surface area is 108 Å². The van der Waals surface area contributed by atoms with Crippen LogP contribution < -0.4 is 11.1 Å². The van der Waals surface area contributed by atoms with Gasteiger partial charge in [-0.1, -0.05) is 0 Å². The quantitative estimate of drug-likeness (QED) is 0.838. The van der Waals surface area contributed by atoms with Gasteiger partial charge in [0.25, 0.3) is 0 Å². The van der Waals surface area contributed by atoms with Crippen LogP contribution in [0.25, 0.3) is 0 Å². The molecule has 5 heteroatoms. The SMILES string of the molecule is Cc1cc(N)cnc1NC(C)CN1CCOCC1. The van der Waals surface area contributed by atoms with Crippen molar-refractivity contribution < 1.29 is 4.74 Å². The first-order valence-corrected chi connectivity index (χ1v) is 6.44. The highest BCUT2D eigenvalue weighted by molar-refractivity contribution is 5.51. The van der Waals surface area contributed by atoms with E-state index in [1.54, 1.807) is 6.20 Å². The van der Waals surface area contributed by atoms with E-state index < -0.39 is 0 Å². The Morgan fingerprint density at radius 2 is 2.22 bits per heavy atom. The van der Waals surface area contributed by atoms with Crippen LogP contribution in [0.3, 0.4) is 0 Å². The highest BCUT2D eigenvalue weighted by Gasteiger charge is 2.14. The van der Waals surface area contributed by atoms with Crippen molar-refractivity contribution in [1.29, 1.82) is 0 Å². The van der Waals surface area contributed by atoms with Crippen LogP contribution in [0.4, 0.5) is 11.5 Å². The summed E-state index contributed by atoms with van der Waals surface area (Å²) in [7, 11) is 0. The Morgan fingerprint density at radius 3 is 2.89 bits per heavy atom. The van der Waals surface area contributed by atoms with Crippen molar-refractivity contribution in [2.75, 3.05) is 43.9 Å². The van der Waals surface area contributed by atoms with Gasteiger partial charge >= 0.3 is 0 Å². The number of morpholine rings is 1. The van der Waals surface area contributed by atoms with E-state index in [0.717, 1.165) is 44.2 Å². The van der Waals surface area contributed by atoms with Gasteiger partial charge in [-0.2, -0.15) is 0 Å². The molecule has 5 nitrogen and oxygen atoms in total. The normalized spacial score (nSPS) is 18.6. The second-order valence-electron chi connectivity index (χ2n) is 4.89. The number of aryl methyl sites for hydroxylation is 1. The smallest absolute Gasteiger partial charge is 0.129 e. The highest BCUT2D eigenvalue weighted by atomic mass is 16.5. The molecule has 3 N–H and O–H groups in total. The van der Waals surface area contributed by atoms with E-state index in [4.69, 9.17) is 10.5 Å². The topological polar surface area (TPSA) is 63.4 Å². The molecule has 1 unspecified atom stereocenters. The number of nitrogens with zero attached hydrogens (tertiary/aromatic N) is 2. The second kappa shape index (κ2) is 6.02. The van der Waals surface area contributed by atoms with E-state index in [0.29, 0.717) is 11.7 Å². The molecule has 0 aliphatic carbocycles. The molecule has 0 aromatic carbocycles. The average Bonchev–Trinajstić information content (AvgIpc) is 2.34. The molecule has 18 heavy (non-hydrogen) atoms. The largest absolute Gasteiger partial charge is 0.397 e. The first-order valence-electron chi connectivity index (χ1n) is 6.44. The van der Waals surface area contributed by atoms with Crippen LogP contribution in [0.5, 0.6) is 0 Å².